The van der Waals surface area contributed by atoms with E-state index in [2.05, 4.69) is 168 Å². The largest absolute Gasteiger partial charge is 0.456 e. The number of hydrogen-bond donors (Lipinski definition) is 0. The van der Waals surface area contributed by atoms with Crippen molar-refractivity contribution in [3.05, 3.63) is 170 Å². The molecule has 0 saturated carbocycles. The Morgan fingerprint density at radius 1 is 0.370 bits per heavy atom. The maximum atomic E-state index is 6.29. The van der Waals surface area contributed by atoms with Crippen molar-refractivity contribution in [2.75, 3.05) is 9.80 Å². The molecule has 0 unspecified atom stereocenters. The van der Waals surface area contributed by atoms with E-state index in [1.165, 1.54) is 20.2 Å². The van der Waals surface area contributed by atoms with Crippen molar-refractivity contribution < 1.29 is 4.42 Å². The van der Waals surface area contributed by atoms with E-state index in [1.807, 2.05) is 23.5 Å². The smallest absolute Gasteiger partial charge is 0.137 e. The lowest BCUT2D eigenvalue weighted by Gasteiger charge is -2.26. The van der Waals surface area contributed by atoms with Crippen LogP contribution in [0.15, 0.2) is 174 Å². The summed E-state index contributed by atoms with van der Waals surface area (Å²) in [6.45, 7) is 0. The zero-order valence-electron chi connectivity index (χ0n) is 24.9. The molecule has 7 aromatic carbocycles. The summed E-state index contributed by atoms with van der Waals surface area (Å²) in [5, 5.41) is 4.77. The molecule has 2 aromatic heterocycles. The van der Waals surface area contributed by atoms with Gasteiger partial charge in [-0.3, -0.25) is 0 Å². The number of benzene rings is 7. The Hall–Kier alpha value is -5.84. The van der Waals surface area contributed by atoms with Crippen LogP contribution in [-0.2, 0) is 0 Å². The Morgan fingerprint density at radius 2 is 0.870 bits per heavy atom. The van der Waals surface area contributed by atoms with Crippen molar-refractivity contribution in [2.24, 2.45) is 0 Å². The maximum absolute atomic E-state index is 6.29. The molecule has 0 fully saturated rings. The van der Waals surface area contributed by atoms with Crippen LogP contribution in [-0.4, -0.2) is 0 Å². The van der Waals surface area contributed by atoms with Gasteiger partial charge >= 0.3 is 0 Å². The third-order valence-electron chi connectivity index (χ3n) is 8.62. The van der Waals surface area contributed by atoms with E-state index in [9.17, 15) is 0 Å². The summed E-state index contributed by atoms with van der Waals surface area (Å²) in [7, 11) is 0. The minimum atomic E-state index is 0.886. The van der Waals surface area contributed by atoms with Crippen LogP contribution in [0.3, 0.4) is 0 Å². The van der Waals surface area contributed by atoms with Crippen LogP contribution >= 0.6 is 11.3 Å². The third kappa shape index (κ3) is 4.42. The molecule has 4 heteroatoms. The molecule has 46 heavy (non-hydrogen) atoms. The van der Waals surface area contributed by atoms with Crippen molar-refractivity contribution in [3.8, 4) is 0 Å². The van der Waals surface area contributed by atoms with Crippen molar-refractivity contribution in [3.63, 3.8) is 0 Å². The highest BCUT2D eigenvalue weighted by atomic mass is 32.1. The van der Waals surface area contributed by atoms with Crippen molar-refractivity contribution >= 4 is 87.6 Å². The Balaban J connectivity index is 1.21. The summed E-state index contributed by atoms with van der Waals surface area (Å²) in [6.07, 6.45) is 0. The van der Waals surface area contributed by atoms with Gasteiger partial charge in [0.1, 0.15) is 11.2 Å². The van der Waals surface area contributed by atoms with Crippen LogP contribution in [0.25, 0.3) is 42.1 Å². The summed E-state index contributed by atoms with van der Waals surface area (Å²) < 4.78 is 8.80. The van der Waals surface area contributed by atoms with Crippen LogP contribution in [0.2, 0.25) is 0 Å². The molecule has 0 atom stereocenters. The average Bonchev–Trinajstić information content (AvgIpc) is 3.68. The molecule has 218 valence electrons. The Kier molecular flexibility index (Phi) is 6.32. The molecule has 9 aromatic rings. The molecule has 9 rings (SSSR count). The first-order valence-electron chi connectivity index (χ1n) is 15.4. The summed E-state index contributed by atoms with van der Waals surface area (Å²) in [4.78, 5) is 4.67. The minimum Gasteiger partial charge on any atom is -0.456 e. The quantitative estimate of drug-likeness (QED) is 0.187. The van der Waals surface area contributed by atoms with Gasteiger partial charge in [-0.2, -0.15) is 0 Å². The first kappa shape index (κ1) is 26.6. The number of anilines is 6. The van der Waals surface area contributed by atoms with E-state index in [0.29, 0.717) is 0 Å². The van der Waals surface area contributed by atoms with E-state index in [4.69, 9.17) is 4.42 Å². The predicted molar refractivity (Wildman–Crippen MR) is 196 cm³/mol. The Labute approximate surface area is 270 Å². The fourth-order valence-corrected chi connectivity index (χ4v) is 7.75. The van der Waals surface area contributed by atoms with Crippen molar-refractivity contribution in [2.45, 2.75) is 0 Å². The number of thiophene rings is 1. The van der Waals surface area contributed by atoms with Gasteiger partial charge in [-0.05, 0) is 78.9 Å². The lowest BCUT2D eigenvalue weighted by atomic mass is 10.1. The molecule has 3 nitrogen and oxygen atoms in total. The van der Waals surface area contributed by atoms with Crippen molar-refractivity contribution in [1.29, 1.82) is 0 Å². The predicted octanol–water partition coefficient (Wildman–Crippen LogP) is 12.9. The topological polar surface area (TPSA) is 19.6 Å². The van der Waals surface area contributed by atoms with E-state index in [-0.39, 0.29) is 0 Å². The lowest BCUT2D eigenvalue weighted by molar-refractivity contribution is 0.669. The number of hydrogen-bond acceptors (Lipinski definition) is 4. The molecule has 2 heterocycles. The summed E-state index contributed by atoms with van der Waals surface area (Å²) in [6, 6.07) is 60.1. The fraction of sp³-hybridized carbons (Fsp3) is 0. The lowest BCUT2D eigenvalue weighted by Crippen LogP contribution is -2.10. The van der Waals surface area contributed by atoms with Gasteiger partial charge in [0.15, 0.2) is 0 Å². The molecule has 0 N–H and O–H groups in total. The molecular formula is C42H28N2OS. The molecule has 0 aliphatic carbocycles. The van der Waals surface area contributed by atoms with Gasteiger partial charge in [0.25, 0.3) is 0 Å². The van der Waals surface area contributed by atoms with Crippen LogP contribution in [0.4, 0.5) is 34.1 Å². The first-order chi connectivity index (χ1) is 22.8. The van der Waals surface area contributed by atoms with Gasteiger partial charge in [-0.15, -0.1) is 11.3 Å². The second-order valence-electron chi connectivity index (χ2n) is 11.4. The normalized spacial score (nSPS) is 11.5. The maximum Gasteiger partial charge on any atom is 0.137 e. The zero-order chi connectivity index (χ0) is 30.5. The SMILES string of the molecule is c1ccc(N(c2ccccc2)c2ccc3c(c2)sc2cc(N(c4ccccc4)c4cccc5oc6ccccc6c45)ccc23)cc1. The fourth-order valence-electron chi connectivity index (χ4n) is 6.58. The highest BCUT2D eigenvalue weighted by Crippen LogP contribution is 2.46. The number of fused-ring (bicyclic) bond motifs is 6. The molecule has 0 saturated heterocycles. The van der Waals surface area contributed by atoms with Crippen LogP contribution in [0.1, 0.15) is 0 Å². The van der Waals surface area contributed by atoms with Crippen molar-refractivity contribution in [1.82, 2.24) is 0 Å². The number of nitrogens with zero attached hydrogens (tertiary/aromatic N) is 2. The molecule has 0 spiro atoms. The molecule has 0 bridgehead atoms. The Bertz CT molecular complexity index is 2440. The van der Waals surface area contributed by atoms with Gasteiger partial charge < -0.3 is 14.2 Å². The summed E-state index contributed by atoms with van der Waals surface area (Å²) >= 11 is 1.84. The van der Waals surface area contributed by atoms with Gasteiger partial charge in [0.2, 0.25) is 0 Å². The van der Waals surface area contributed by atoms with E-state index >= 15 is 0 Å². The standard InChI is InChI=1S/C42H28N2OS/c1-4-13-29(14-5-1)43(30-15-6-2-7-16-30)32-23-25-34-35-26-24-33(28-41(35)46-40(34)27-32)44(31-17-8-3-9-18-31)37-20-12-22-39-42(37)36-19-10-11-21-38(36)45-39/h1-28H. The molecule has 0 aliphatic heterocycles. The highest BCUT2D eigenvalue weighted by Gasteiger charge is 2.20. The molecule has 0 amide bonds. The van der Waals surface area contributed by atoms with Crippen LogP contribution < -0.4 is 9.80 Å². The second kappa shape index (κ2) is 11.0. The zero-order valence-corrected chi connectivity index (χ0v) is 25.7. The van der Waals surface area contributed by atoms with E-state index < -0.39 is 0 Å². The monoisotopic (exact) mass is 608 g/mol. The van der Waals surface area contributed by atoms with Gasteiger partial charge in [0.05, 0.1) is 11.1 Å². The van der Waals surface area contributed by atoms with E-state index in [1.54, 1.807) is 0 Å². The summed E-state index contributed by atoms with van der Waals surface area (Å²) in [5.74, 6) is 0. The van der Waals surface area contributed by atoms with Gasteiger partial charge in [0, 0.05) is 54.0 Å². The minimum absolute atomic E-state index is 0.886. The number of furan rings is 1. The van der Waals surface area contributed by atoms with Gasteiger partial charge in [-0.25, -0.2) is 0 Å². The first-order valence-corrected chi connectivity index (χ1v) is 16.3. The average molecular weight is 609 g/mol. The molecule has 0 radical (unpaired) electrons. The van der Waals surface area contributed by atoms with Crippen LogP contribution in [0, 0.1) is 0 Å². The molecular weight excluding hydrogens is 581 g/mol. The number of para-hydroxylation sites is 4. The number of rotatable bonds is 6. The van der Waals surface area contributed by atoms with Crippen LogP contribution in [0.5, 0.6) is 0 Å². The highest BCUT2D eigenvalue weighted by molar-refractivity contribution is 7.25. The van der Waals surface area contributed by atoms with E-state index in [0.717, 1.165) is 56.1 Å². The molecule has 0 aliphatic rings. The summed E-state index contributed by atoms with van der Waals surface area (Å²) in [5.41, 5.74) is 8.50. The Morgan fingerprint density at radius 3 is 1.48 bits per heavy atom. The third-order valence-corrected chi connectivity index (χ3v) is 9.74. The second-order valence-corrected chi connectivity index (χ2v) is 12.5. The van der Waals surface area contributed by atoms with Gasteiger partial charge in [-0.1, -0.05) is 91.0 Å².